The van der Waals surface area contributed by atoms with E-state index in [9.17, 15) is 23.1 Å². The highest BCUT2D eigenvalue weighted by atomic mass is 19.4. The van der Waals surface area contributed by atoms with Gasteiger partial charge in [0.15, 0.2) is 0 Å². The van der Waals surface area contributed by atoms with Gasteiger partial charge in [0.1, 0.15) is 12.0 Å². The maximum absolute atomic E-state index is 13.0. The Morgan fingerprint density at radius 3 is 2.74 bits per heavy atom. The van der Waals surface area contributed by atoms with Crippen LogP contribution >= 0.6 is 0 Å². The number of carbonyl (C=O) groups is 1. The average molecular weight is 442 g/mol. The molecule has 1 amide bonds. The van der Waals surface area contributed by atoms with Gasteiger partial charge in [-0.3, -0.25) is 9.79 Å². The fourth-order valence-electron chi connectivity index (χ4n) is 4.81. The number of nitrogens with one attached hydrogen (secondary N) is 2. The number of aliphatic hydroxyl groups is 1. The van der Waals surface area contributed by atoms with Crippen molar-refractivity contribution in [2.45, 2.75) is 76.2 Å². The van der Waals surface area contributed by atoms with E-state index in [1.54, 1.807) is 11.1 Å². The first-order valence-corrected chi connectivity index (χ1v) is 10.8. The molecule has 10 heteroatoms. The van der Waals surface area contributed by atoms with E-state index in [-0.39, 0.29) is 37.2 Å². The van der Waals surface area contributed by atoms with Crippen LogP contribution in [0.3, 0.4) is 0 Å². The van der Waals surface area contributed by atoms with Gasteiger partial charge in [0, 0.05) is 12.5 Å². The lowest BCUT2D eigenvalue weighted by Gasteiger charge is -2.34. The molecule has 0 saturated carbocycles. The normalized spacial score (nSPS) is 37.3. The summed E-state index contributed by atoms with van der Waals surface area (Å²) in [5, 5.41) is 14.4. The Morgan fingerprint density at radius 1 is 1.39 bits per heavy atom. The number of aliphatic imine (C=N–C) groups is 1. The Bertz CT molecular complexity index is 797. The number of halogens is 3. The highest BCUT2D eigenvalue weighted by molar-refractivity contribution is 6.02. The van der Waals surface area contributed by atoms with E-state index in [0.717, 1.165) is 18.4 Å². The minimum atomic E-state index is -4.26. The smallest absolute Gasteiger partial charge is 0.395 e. The van der Waals surface area contributed by atoms with Crippen LogP contribution in [-0.2, 0) is 9.53 Å². The van der Waals surface area contributed by atoms with E-state index in [0.29, 0.717) is 12.3 Å². The molecule has 2 saturated heterocycles. The number of allylic oxidation sites excluding steroid dienone is 2. The number of alkyl halides is 3. The van der Waals surface area contributed by atoms with Crippen LogP contribution in [-0.4, -0.2) is 65.1 Å². The van der Waals surface area contributed by atoms with Gasteiger partial charge in [0.2, 0.25) is 5.91 Å². The molecule has 7 unspecified atom stereocenters. The van der Waals surface area contributed by atoms with Crippen LogP contribution in [0, 0.1) is 11.8 Å². The van der Waals surface area contributed by atoms with Gasteiger partial charge in [0.05, 0.1) is 36.7 Å². The van der Waals surface area contributed by atoms with Gasteiger partial charge in [-0.15, -0.1) is 0 Å². The van der Waals surface area contributed by atoms with Crippen LogP contribution in [0.4, 0.5) is 13.2 Å². The van der Waals surface area contributed by atoms with Crippen molar-refractivity contribution in [1.29, 1.82) is 0 Å². The summed E-state index contributed by atoms with van der Waals surface area (Å²) in [6.07, 6.45) is 1.90. The highest BCUT2D eigenvalue weighted by Crippen LogP contribution is 2.36. The molecule has 7 nitrogen and oxygen atoms in total. The Kier molecular flexibility index (Phi) is 6.26. The highest BCUT2D eigenvalue weighted by Gasteiger charge is 2.50. The van der Waals surface area contributed by atoms with Crippen LogP contribution < -0.4 is 10.7 Å². The van der Waals surface area contributed by atoms with Gasteiger partial charge in [0.25, 0.3) is 0 Å². The second-order valence-corrected chi connectivity index (χ2v) is 8.80. The molecule has 0 bridgehead atoms. The molecule has 3 N–H and O–H groups in total. The summed E-state index contributed by atoms with van der Waals surface area (Å²) in [5.41, 5.74) is 3.88. The molecule has 0 aromatic carbocycles. The number of hydrogen-bond donors (Lipinski definition) is 3. The third kappa shape index (κ3) is 4.57. The van der Waals surface area contributed by atoms with Crippen LogP contribution in [0.2, 0.25) is 0 Å². The summed E-state index contributed by atoms with van der Waals surface area (Å²) in [4.78, 5) is 17.6. The van der Waals surface area contributed by atoms with Gasteiger partial charge < -0.3 is 15.2 Å². The number of amidine groups is 1. The summed E-state index contributed by atoms with van der Waals surface area (Å²) in [5.74, 6) is -1.73. The second-order valence-electron chi connectivity index (χ2n) is 8.80. The van der Waals surface area contributed by atoms with Crippen molar-refractivity contribution in [1.82, 2.24) is 15.8 Å². The zero-order valence-corrected chi connectivity index (χ0v) is 17.6. The molecule has 0 aromatic heterocycles. The lowest BCUT2D eigenvalue weighted by atomic mass is 9.92. The number of fused-ring (bicyclic) bond motifs is 1. The Labute approximate surface area is 179 Å². The number of hydrogen-bond acceptors (Lipinski definition) is 6. The zero-order chi connectivity index (χ0) is 22.3. The maximum Gasteiger partial charge on any atom is 0.395 e. The molecule has 172 valence electrons. The molecule has 0 aromatic rings. The Morgan fingerprint density at radius 2 is 2.16 bits per heavy atom. The Hall–Kier alpha value is -1.75. The summed E-state index contributed by atoms with van der Waals surface area (Å²) in [6.45, 7) is 3.62. The van der Waals surface area contributed by atoms with E-state index in [1.807, 2.05) is 13.8 Å². The van der Waals surface area contributed by atoms with Gasteiger partial charge in [-0.05, 0) is 38.7 Å². The molecular formula is C21H29F3N4O3. The molecule has 3 aliphatic heterocycles. The average Bonchev–Trinajstić information content (AvgIpc) is 3.30. The predicted molar refractivity (Wildman–Crippen MR) is 108 cm³/mol. The number of hydrazine groups is 1. The van der Waals surface area contributed by atoms with E-state index in [2.05, 4.69) is 10.7 Å². The first-order chi connectivity index (χ1) is 14.7. The number of carbonyl (C=O) groups excluding carboxylic acids is 1. The Balaban J connectivity index is 1.52. The molecule has 7 atom stereocenters. The van der Waals surface area contributed by atoms with Crippen LogP contribution in [0.15, 0.2) is 28.8 Å². The number of aliphatic hydroxyl groups excluding tert-OH is 1. The van der Waals surface area contributed by atoms with Gasteiger partial charge in [-0.1, -0.05) is 18.2 Å². The van der Waals surface area contributed by atoms with Crippen molar-refractivity contribution in [3.05, 3.63) is 23.8 Å². The van der Waals surface area contributed by atoms with E-state index in [1.165, 1.54) is 12.2 Å². The van der Waals surface area contributed by atoms with E-state index < -0.39 is 30.2 Å². The molecule has 31 heavy (non-hydrogen) atoms. The minimum absolute atomic E-state index is 0.00256. The van der Waals surface area contributed by atoms with Gasteiger partial charge in [-0.2, -0.15) is 13.2 Å². The van der Waals surface area contributed by atoms with Crippen LogP contribution in [0.1, 0.15) is 39.5 Å². The number of nitrogens with zero attached hydrogens (tertiary/aromatic N) is 2. The predicted octanol–water partition coefficient (Wildman–Crippen LogP) is 2.05. The molecule has 0 radical (unpaired) electrons. The van der Waals surface area contributed by atoms with Crippen molar-refractivity contribution in [3.8, 4) is 0 Å². The fraction of sp³-hybridized carbons (Fsp3) is 0.714. The molecule has 4 rings (SSSR count). The molecule has 2 fully saturated rings. The lowest BCUT2D eigenvalue weighted by Crippen LogP contribution is -2.52. The number of rotatable bonds is 5. The van der Waals surface area contributed by atoms with E-state index in [4.69, 9.17) is 9.73 Å². The third-order valence-corrected chi connectivity index (χ3v) is 6.60. The molecule has 4 aliphatic rings. The largest absolute Gasteiger partial charge is 0.395 e. The fourth-order valence-corrected chi connectivity index (χ4v) is 4.81. The molecule has 3 heterocycles. The van der Waals surface area contributed by atoms with Crippen molar-refractivity contribution in [2.75, 3.05) is 6.61 Å². The van der Waals surface area contributed by atoms with Gasteiger partial charge >= 0.3 is 6.18 Å². The van der Waals surface area contributed by atoms with E-state index >= 15 is 0 Å². The maximum atomic E-state index is 13.0. The summed E-state index contributed by atoms with van der Waals surface area (Å²) < 4.78 is 44.7. The molecular weight excluding hydrogens is 413 g/mol. The standard InChI is InChI=1S/C21H29F3N4O3/c1-11-3-8-15(31-11)9-17-25-19-18(20(30)26-17)16(10-29)27-28(19)12(2)13-4-6-14(7-5-13)21(22,23)24/h4-6,11-12,14-16,18-19,27,29H,3,7-10H2,1-2H3,(H,25,26,30). The van der Waals surface area contributed by atoms with Crippen molar-refractivity contribution in [3.63, 3.8) is 0 Å². The van der Waals surface area contributed by atoms with Gasteiger partial charge in [-0.25, -0.2) is 10.4 Å². The monoisotopic (exact) mass is 442 g/mol. The summed E-state index contributed by atoms with van der Waals surface area (Å²) >= 11 is 0. The second kappa shape index (κ2) is 8.65. The number of amides is 1. The summed E-state index contributed by atoms with van der Waals surface area (Å²) in [7, 11) is 0. The quantitative estimate of drug-likeness (QED) is 0.607. The SMILES string of the molecule is CC1CCC(CC2=NC3C(C(=O)N2)C(CO)NN3C(C)C2=CCC(C(F)(F)F)C=C2)O1. The van der Waals surface area contributed by atoms with Crippen LogP contribution in [0.5, 0.6) is 0 Å². The third-order valence-electron chi connectivity index (χ3n) is 6.60. The lowest BCUT2D eigenvalue weighted by molar-refractivity contribution is -0.160. The van der Waals surface area contributed by atoms with Crippen molar-refractivity contribution >= 4 is 11.7 Å². The zero-order valence-electron chi connectivity index (χ0n) is 17.6. The first kappa shape index (κ1) is 22.4. The molecule has 0 spiro atoms. The van der Waals surface area contributed by atoms with Crippen molar-refractivity contribution in [2.24, 2.45) is 16.8 Å². The number of ether oxygens (including phenoxy) is 1. The van der Waals surface area contributed by atoms with Crippen molar-refractivity contribution < 1.29 is 27.8 Å². The topological polar surface area (TPSA) is 86.2 Å². The summed E-state index contributed by atoms with van der Waals surface area (Å²) in [6, 6.07) is -0.843. The first-order valence-electron chi connectivity index (χ1n) is 10.8. The van der Waals surface area contributed by atoms with Crippen LogP contribution in [0.25, 0.3) is 0 Å². The molecule has 1 aliphatic carbocycles. The minimum Gasteiger partial charge on any atom is -0.395 e.